The number of aryl methyl sites for hydroxylation is 1. The number of aromatic nitrogens is 4. The molecule has 5 heteroatoms. The number of tetrazole rings is 1. The van der Waals surface area contributed by atoms with Gasteiger partial charge < -0.3 is 5.73 Å². The average molecular weight is 271 g/mol. The molecule has 3 rings (SSSR count). The van der Waals surface area contributed by atoms with Crippen molar-refractivity contribution in [2.75, 3.05) is 5.73 Å². The molecule has 2 N–H and O–H groups in total. The fraction of sp³-hybridized carbons (Fsp3) is 0.533. The lowest BCUT2D eigenvalue weighted by molar-refractivity contribution is 0.346. The molecule has 1 heterocycles. The quantitative estimate of drug-likeness (QED) is 0.871. The molecule has 1 fully saturated rings. The Labute approximate surface area is 119 Å². The molecule has 0 radical (unpaired) electrons. The third kappa shape index (κ3) is 2.40. The van der Waals surface area contributed by atoms with Crippen molar-refractivity contribution in [2.24, 2.45) is 11.8 Å². The van der Waals surface area contributed by atoms with E-state index in [1.54, 1.807) is 0 Å². The summed E-state index contributed by atoms with van der Waals surface area (Å²) in [5.41, 5.74) is 8.90. The van der Waals surface area contributed by atoms with Crippen LogP contribution in [-0.2, 0) is 6.54 Å². The molecule has 2 aromatic rings. The number of rotatable bonds is 3. The molecule has 0 aliphatic heterocycles. The van der Waals surface area contributed by atoms with Gasteiger partial charge in [0.15, 0.2) is 5.82 Å². The van der Waals surface area contributed by atoms with E-state index in [1.165, 1.54) is 19.3 Å². The van der Waals surface area contributed by atoms with Crippen molar-refractivity contribution in [2.45, 2.75) is 39.7 Å². The van der Waals surface area contributed by atoms with Crippen LogP contribution in [0.3, 0.4) is 0 Å². The van der Waals surface area contributed by atoms with E-state index in [4.69, 9.17) is 5.73 Å². The molecule has 2 atom stereocenters. The zero-order chi connectivity index (χ0) is 14.1. The predicted octanol–water partition coefficient (Wildman–Crippen LogP) is 2.67. The van der Waals surface area contributed by atoms with Crippen molar-refractivity contribution in [1.82, 2.24) is 20.2 Å². The summed E-state index contributed by atoms with van der Waals surface area (Å²) in [4.78, 5) is 0. The van der Waals surface area contributed by atoms with Crippen LogP contribution in [0.25, 0.3) is 11.4 Å². The van der Waals surface area contributed by atoms with Gasteiger partial charge in [-0.25, -0.2) is 4.68 Å². The highest BCUT2D eigenvalue weighted by atomic mass is 15.5. The highest BCUT2D eigenvalue weighted by molar-refractivity contribution is 5.72. The second-order valence-electron chi connectivity index (χ2n) is 5.94. The summed E-state index contributed by atoms with van der Waals surface area (Å²) < 4.78 is 1.91. The predicted molar refractivity (Wildman–Crippen MR) is 78.9 cm³/mol. The molecule has 20 heavy (non-hydrogen) atoms. The summed E-state index contributed by atoms with van der Waals surface area (Å²) in [5, 5.41) is 12.2. The maximum absolute atomic E-state index is 6.08. The second-order valence-corrected chi connectivity index (χ2v) is 5.94. The van der Waals surface area contributed by atoms with E-state index >= 15 is 0 Å². The molecule has 0 saturated heterocycles. The van der Waals surface area contributed by atoms with Crippen molar-refractivity contribution >= 4 is 5.69 Å². The van der Waals surface area contributed by atoms with Gasteiger partial charge in [-0.15, -0.1) is 5.10 Å². The van der Waals surface area contributed by atoms with Crippen molar-refractivity contribution in [3.63, 3.8) is 0 Å². The largest absolute Gasteiger partial charge is 0.398 e. The third-order valence-corrected chi connectivity index (χ3v) is 4.43. The van der Waals surface area contributed by atoms with Gasteiger partial charge in [-0.05, 0) is 47.7 Å². The Bertz CT molecular complexity index is 604. The normalized spacial score (nSPS) is 22.3. The number of nitrogens with two attached hydrogens (primary N) is 1. The van der Waals surface area contributed by atoms with Gasteiger partial charge in [0.1, 0.15) is 0 Å². The van der Waals surface area contributed by atoms with Gasteiger partial charge in [0.05, 0.1) is 0 Å². The van der Waals surface area contributed by atoms with E-state index in [1.807, 2.05) is 16.8 Å². The number of nitrogen functional groups attached to an aromatic ring is 1. The Morgan fingerprint density at radius 1 is 1.35 bits per heavy atom. The Kier molecular flexibility index (Phi) is 3.42. The fourth-order valence-electron chi connectivity index (χ4n) is 3.10. The molecule has 1 aliphatic carbocycles. The number of anilines is 1. The molecule has 0 amide bonds. The van der Waals surface area contributed by atoms with Crippen LogP contribution in [0.15, 0.2) is 18.2 Å². The van der Waals surface area contributed by atoms with Gasteiger partial charge >= 0.3 is 0 Å². The first-order valence-electron chi connectivity index (χ1n) is 7.28. The summed E-state index contributed by atoms with van der Waals surface area (Å²) in [5.74, 6) is 2.20. The van der Waals surface area contributed by atoms with Crippen molar-refractivity contribution < 1.29 is 0 Å². The topological polar surface area (TPSA) is 69.6 Å². The SMILES string of the molecule is Cc1ccc(N)c(-c2nnnn2CC2CCCC2C)c1. The number of hydrogen-bond donors (Lipinski definition) is 1. The van der Waals surface area contributed by atoms with Crippen LogP contribution in [0.4, 0.5) is 5.69 Å². The first kappa shape index (κ1) is 13.1. The highest BCUT2D eigenvalue weighted by Crippen LogP contribution is 2.33. The van der Waals surface area contributed by atoms with Gasteiger partial charge in [0.25, 0.3) is 0 Å². The van der Waals surface area contributed by atoms with E-state index in [0.29, 0.717) is 5.92 Å². The fourth-order valence-corrected chi connectivity index (χ4v) is 3.10. The van der Waals surface area contributed by atoms with Crippen molar-refractivity contribution in [3.8, 4) is 11.4 Å². The molecule has 0 spiro atoms. The second kappa shape index (κ2) is 5.23. The van der Waals surface area contributed by atoms with Crippen LogP contribution in [0.2, 0.25) is 0 Å². The Balaban J connectivity index is 1.91. The first-order valence-corrected chi connectivity index (χ1v) is 7.28. The minimum atomic E-state index is 0.670. The number of benzene rings is 1. The van der Waals surface area contributed by atoms with Crippen molar-refractivity contribution in [3.05, 3.63) is 23.8 Å². The highest BCUT2D eigenvalue weighted by Gasteiger charge is 2.25. The van der Waals surface area contributed by atoms with Gasteiger partial charge in [0.2, 0.25) is 0 Å². The third-order valence-electron chi connectivity index (χ3n) is 4.43. The Morgan fingerprint density at radius 3 is 2.95 bits per heavy atom. The van der Waals surface area contributed by atoms with Crippen molar-refractivity contribution in [1.29, 1.82) is 0 Å². The summed E-state index contributed by atoms with van der Waals surface area (Å²) in [6.45, 7) is 5.26. The maximum Gasteiger partial charge on any atom is 0.184 e. The molecular formula is C15H21N5. The van der Waals surface area contributed by atoms with Crippen LogP contribution in [-0.4, -0.2) is 20.2 Å². The molecule has 5 nitrogen and oxygen atoms in total. The number of hydrogen-bond acceptors (Lipinski definition) is 4. The molecular weight excluding hydrogens is 250 g/mol. The number of nitrogens with zero attached hydrogens (tertiary/aromatic N) is 4. The van der Waals surface area contributed by atoms with E-state index in [2.05, 4.69) is 35.4 Å². The van der Waals surface area contributed by atoms with Gasteiger partial charge in [-0.2, -0.15) is 0 Å². The average Bonchev–Trinajstić information content (AvgIpc) is 3.03. The van der Waals surface area contributed by atoms with E-state index in [0.717, 1.165) is 35.1 Å². The zero-order valence-electron chi connectivity index (χ0n) is 12.1. The van der Waals surface area contributed by atoms with Crippen LogP contribution in [0.1, 0.15) is 31.7 Å². The molecule has 2 unspecified atom stereocenters. The minimum absolute atomic E-state index is 0.670. The summed E-state index contributed by atoms with van der Waals surface area (Å²) in [7, 11) is 0. The lowest BCUT2D eigenvalue weighted by atomic mass is 9.98. The van der Waals surface area contributed by atoms with Crippen LogP contribution in [0.5, 0.6) is 0 Å². The van der Waals surface area contributed by atoms with E-state index < -0.39 is 0 Å². The van der Waals surface area contributed by atoms with Gasteiger partial charge in [-0.3, -0.25) is 0 Å². The molecule has 1 aromatic heterocycles. The van der Waals surface area contributed by atoms with E-state index in [-0.39, 0.29) is 0 Å². The lowest BCUT2D eigenvalue weighted by Crippen LogP contribution is -2.15. The first-order chi connectivity index (χ1) is 9.65. The van der Waals surface area contributed by atoms with E-state index in [9.17, 15) is 0 Å². The Morgan fingerprint density at radius 2 is 2.20 bits per heavy atom. The van der Waals surface area contributed by atoms with Gasteiger partial charge in [-0.1, -0.05) is 31.4 Å². The molecule has 1 aromatic carbocycles. The molecule has 1 aliphatic rings. The van der Waals surface area contributed by atoms with Crippen LogP contribution < -0.4 is 5.73 Å². The Hall–Kier alpha value is -1.91. The van der Waals surface area contributed by atoms with Crippen LogP contribution in [0, 0.1) is 18.8 Å². The lowest BCUT2D eigenvalue weighted by Gasteiger charge is -2.16. The molecule has 0 bridgehead atoms. The maximum atomic E-state index is 6.08. The molecule has 1 saturated carbocycles. The zero-order valence-corrected chi connectivity index (χ0v) is 12.1. The van der Waals surface area contributed by atoms with Gasteiger partial charge in [0, 0.05) is 17.8 Å². The molecule has 106 valence electrons. The summed E-state index contributed by atoms with van der Waals surface area (Å²) in [6, 6.07) is 5.98. The monoisotopic (exact) mass is 271 g/mol. The van der Waals surface area contributed by atoms with Crippen LogP contribution >= 0.6 is 0 Å². The summed E-state index contributed by atoms with van der Waals surface area (Å²) >= 11 is 0. The standard InChI is InChI=1S/C15H21N5/c1-10-6-7-14(16)13(8-10)15-17-18-19-20(15)9-12-5-3-4-11(12)2/h6-8,11-12H,3-5,9,16H2,1-2H3. The smallest absolute Gasteiger partial charge is 0.184 e. The minimum Gasteiger partial charge on any atom is -0.398 e. The summed E-state index contributed by atoms with van der Waals surface area (Å²) in [6.07, 6.45) is 3.90.